The smallest absolute Gasteiger partial charge is 0.256 e. The molecule has 0 saturated heterocycles. The van der Waals surface area contributed by atoms with Crippen molar-refractivity contribution in [1.29, 1.82) is 0 Å². The molecule has 28 heavy (non-hydrogen) atoms. The van der Waals surface area contributed by atoms with E-state index in [9.17, 15) is 15.0 Å². The number of carbonyl (C=O) groups excluding carboxylic acids is 1. The molecule has 0 aliphatic carbocycles. The third-order valence-electron chi connectivity index (χ3n) is 3.93. The minimum absolute atomic E-state index is 0.192. The summed E-state index contributed by atoms with van der Waals surface area (Å²) < 4.78 is 26.0. The highest BCUT2D eigenvalue weighted by atomic mass is 16.6. The zero-order valence-corrected chi connectivity index (χ0v) is 14.8. The van der Waals surface area contributed by atoms with E-state index in [1.165, 1.54) is 17.2 Å². The first-order valence-electron chi connectivity index (χ1n) is 9.56. The lowest BCUT2D eigenvalue weighted by atomic mass is 10.2. The van der Waals surface area contributed by atoms with Crippen LogP contribution in [-0.4, -0.2) is 68.6 Å². The van der Waals surface area contributed by atoms with Crippen LogP contribution >= 0.6 is 0 Å². The molecule has 1 aromatic carbocycles. The maximum absolute atomic E-state index is 12.4. The lowest BCUT2D eigenvalue weighted by molar-refractivity contribution is -0.115. The van der Waals surface area contributed by atoms with Gasteiger partial charge in [-0.3, -0.25) is 9.36 Å². The Morgan fingerprint density at radius 2 is 2.14 bits per heavy atom. The second-order valence-electron chi connectivity index (χ2n) is 5.78. The second-order valence-corrected chi connectivity index (χ2v) is 5.78. The molecule has 2 heterocycles. The van der Waals surface area contributed by atoms with Gasteiger partial charge in [0.15, 0.2) is 23.2 Å². The molecule has 0 aliphatic rings. The molecule has 0 saturated carbocycles. The fourth-order valence-electron chi connectivity index (χ4n) is 2.58. The molecule has 10 heteroatoms. The predicted octanol–water partition coefficient (Wildman–Crippen LogP) is 0.593. The molecule has 0 radical (unpaired) electrons. The number of rotatable bonds is 9. The van der Waals surface area contributed by atoms with E-state index in [2.05, 4.69) is 20.3 Å². The summed E-state index contributed by atoms with van der Waals surface area (Å²) in [5.74, 6) is -0.171. The van der Waals surface area contributed by atoms with Gasteiger partial charge in [-0.25, -0.2) is 15.0 Å². The van der Waals surface area contributed by atoms with Crippen molar-refractivity contribution in [2.45, 2.75) is 12.3 Å². The van der Waals surface area contributed by atoms with Gasteiger partial charge in [0.05, 0.1) is 28.9 Å². The topological polar surface area (TPSA) is 132 Å². The van der Waals surface area contributed by atoms with Gasteiger partial charge in [-0.2, -0.15) is 0 Å². The van der Waals surface area contributed by atoms with E-state index < -0.39 is 32.6 Å². The number of hydrogen-bond acceptors (Lipinski definition) is 8. The average Bonchev–Trinajstić information content (AvgIpc) is 3.19. The Morgan fingerprint density at radius 3 is 2.86 bits per heavy atom. The lowest BCUT2D eigenvalue weighted by Crippen LogP contribution is -2.29. The van der Waals surface area contributed by atoms with Crippen molar-refractivity contribution in [3.63, 3.8) is 0 Å². The van der Waals surface area contributed by atoms with Crippen molar-refractivity contribution in [3.8, 4) is 0 Å². The van der Waals surface area contributed by atoms with Gasteiger partial charge in [-0.1, -0.05) is 18.2 Å². The third kappa shape index (κ3) is 4.31. The summed E-state index contributed by atoms with van der Waals surface area (Å²) in [4.78, 5) is 24.9. The van der Waals surface area contributed by atoms with Gasteiger partial charge < -0.3 is 25.0 Å². The fraction of sp³-hybridized carbons (Fsp3) is 0.333. The average molecular weight is 390 g/mol. The van der Waals surface area contributed by atoms with Crippen molar-refractivity contribution in [2.24, 2.45) is 0 Å². The summed E-state index contributed by atoms with van der Waals surface area (Å²) in [6.07, 6.45) is 0.758. The van der Waals surface area contributed by atoms with Gasteiger partial charge in [0.2, 0.25) is 0 Å². The first-order valence-corrected chi connectivity index (χ1v) is 8.40. The van der Waals surface area contributed by atoms with Crippen molar-refractivity contribution in [2.75, 3.05) is 32.2 Å². The quantitative estimate of drug-likeness (QED) is 0.484. The number of carbonyl (C=O) groups is 1. The highest BCUT2D eigenvalue weighted by Gasteiger charge is 2.21. The van der Waals surface area contributed by atoms with E-state index in [4.69, 9.17) is 12.2 Å². The Balaban J connectivity index is 1.81. The van der Waals surface area contributed by atoms with E-state index >= 15 is 0 Å². The highest BCUT2D eigenvalue weighted by molar-refractivity contribution is 6.06. The van der Waals surface area contributed by atoms with E-state index in [1.54, 1.807) is 30.3 Å². The van der Waals surface area contributed by atoms with Crippen LogP contribution in [-0.2, 0) is 9.47 Å². The van der Waals surface area contributed by atoms with Crippen molar-refractivity contribution >= 4 is 22.9 Å². The lowest BCUT2D eigenvalue weighted by Gasteiger charge is -2.22. The number of methoxy groups -OCH3 is 1. The molecule has 0 bridgehead atoms. The highest BCUT2D eigenvalue weighted by Crippen LogP contribution is 2.22. The molecular weight excluding hydrogens is 366 g/mol. The monoisotopic (exact) mass is 390 g/mol. The van der Waals surface area contributed by atoms with Crippen molar-refractivity contribution < 1.29 is 27.2 Å². The van der Waals surface area contributed by atoms with Crippen molar-refractivity contribution in [3.05, 3.63) is 48.5 Å². The summed E-state index contributed by atoms with van der Waals surface area (Å²) in [5.41, 5.74) is 1.04. The molecule has 3 aromatic rings. The number of benzene rings is 1. The number of fused-ring (bicyclic) bond motifs is 1. The largest absolute Gasteiger partial charge is 0.394 e. The molecule has 2 aromatic heterocycles. The molecule has 0 aliphatic heterocycles. The van der Waals surface area contributed by atoms with E-state index in [1.807, 2.05) is 0 Å². The molecule has 1 unspecified atom stereocenters. The molecule has 0 fully saturated rings. The molecule has 3 N–H and O–H groups in total. The van der Waals surface area contributed by atoms with E-state index in [0.29, 0.717) is 11.2 Å². The molecule has 3 atom stereocenters. The van der Waals surface area contributed by atoms with Crippen LogP contribution in [0.25, 0.3) is 11.2 Å². The number of hydrogen-bond donors (Lipinski definition) is 3. The maximum atomic E-state index is 12.4. The standard InChI is InChI=1S/C18H21N5O5/c1-27-9-13(7-24)28-14(8-25)23-11-21-15-16(19-10-20-17(15)23)22-18(26)12-5-3-2-4-6-12/h2-6,10-11,13-14,24-25H,7-9H2,1H3,(H,19,20,22,26)/t13-,14+/m0/s1/i1TD/t1?,13-,14+. The fourth-order valence-corrected chi connectivity index (χ4v) is 2.58. The number of anilines is 1. The molecule has 1 amide bonds. The molecule has 0 spiro atoms. The van der Waals surface area contributed by atoms with Gasteiger partial charge in [-0.05, 0) is 12.1 Å². The molecular formula is C18H21N5O5. The van der Waals surface area contributed by atoms with Crippen LogP contribution < -0.4 is 5.32 Å². The first-order chi connectivity index (χ1) is 14.5. The van der Waals surface area contributed by atoms with Crippen LogP contribution in [0.4, 0.5) is 5.82 Å². The zero-order chi connectivity index (χ0) is 21.5. The SMILES string of the molecule is [2H]C([3H])OC[C@H](CO)O[C@H](CO)n1cnc2c(NC(=O)c3ccccc3)ncnc21. The predicted molar refractivity (Wildman–Crippen MR) is 99.7 cm³/mol. The minimum Gasteiger partial charge on any atom is -0.394 e. The van der Waals surface area contributed by atoms with Crippen molar-refractivity contribution in [1.82, 2.24) is 19.5 Å². The molecule has 148 valence electrons. The van der Waals surface area contributed by atoms with Crippen LogP contribution in [0.15, 0.2) is 43.0 Å². The van der Waals surface area contributed by atoms with Gasteiger partial charge in [0.1, 0.15) is 12.4 Å². The number of aliphatic hydroxyl groups is 2. The Kier molecular flexibility index (Phi) is 5.73. The number of aliphatic hydroxyl groups excluding tert-OH is 2. The Hall–Kier alpha value is -2.92. The van der Waals surface area contributed by atoms with Gasteiger partial charge >= 0.3 is 0 Å². The normalized spacial score (nSPS) is 15.5. The van der Waals surface area contributed by atoms with Crippen LogP contribution in [0.5, 0.6) is 0 Å². The summed E-state index contributed by atoms with van der Waals surface area (Å²) >= 11 is 0. The minimum atomic E-state index is -1.52. The first kappa shape index (κ1) is 17.2. The van der Waals surface area contributed by atoms with Gasteiger partial charge in [0.25, 0.3) is 5.91 Å². The maximum Gasteiger partial charge on any atom is 0.256 e. The summed E-state index contributed by atoms with van der Waals surface area (Å²) in [5, 5.41) is 21.9. The Bertz CT molecular complexity index is 972. The number of amides is 1. The van der Waals surface area contributed by atoms with Crippen LogP contribution in [0.1, 0.15) is 19.3 Å². The second kappa shape index (κ2) is 9.33. The Labute approximate surface area is 163 Å². The van der Waals surface area contributed by atoms with E-state index in [-0.39, 0.29) is 23.8 Å². The summed E-state index contributed by atoms with van der Waals surface area (Å²) in [6, 6.07) is 8.62. The number of nitrogens with zero attached hydrogens (tertiary/aromatic N) is 4. The number of ether oxygens (including phenoxy) is 2. The zero-order valence-electron chi connectivity index (χ0n) is 16.8. The molecule has 3 rings (SSSR count). The number of nitrogens with one attached hydrogen (secondary N) is 1. The van der Waals surface area contributed by atoms with Crippen LogP contribution in [0.2, 0.25) is 0 Å². The molecule has 10 nitrogen and oxygen atoms in total. The number of imidazole rings is 1. The van der Waals surface area contributed by atoms with E-state index in [0.717, 1.165) is 0 Å². The van der Waals surface area contributed by atoms with Gasteiger partial charge in [0, 0.05) is 12.6 Å². The van der Waals surface area contributed by atoms with Gasteiger partial charge in [-0.15, -0.1) is 0 Å². The summed E-state index contributed by atoms with van der Waals surface area (Å²) in [6.45, 7) is -1.11. The van der Waals surface area contributed by atoms with Crippen LogP contribution in [0.3, 0.4) is 0 Å². The third-order valence-corrected chi connectivity index (χ3v) is 3.93. The van der Waals surface area contributed by atoms with Crippen LogP contribution in [0, 0.1) is 0 Å². The Morgan fingerprint density at radius 1 is 1.32 bits per heavy atom. The summed E-state index contributed by atoms with van der Waals surface area (Å²) in [7, 11) is -1.52. The number of aromatic nitrogens is 4.